The third-order valence-electron chi connectivity index (χ3n) is 3.78. The van der Waals surface area contributed by atoms with Gasteiger partial charge < -0.3 is 14.0 Å². The molecule has 0 saturated heterocycles. The molecule has 1 aromatic heterocycles. The molecule has 0 bridgehead atoms. The molecular formula is C18H21NO4. The highest BCUT2D eigenvalue weighted by Gasteiger charge is 2.16. The average molecular weight is 315 g/mol. The van der Waals surface area contributed by atoms with Crippen LogP contribution in [0.4, 0.5) is 0 Å². The molecule has 23 heavy (non-hydrogen) atoms. The Balaban J connectivity index is 2.04. The fourth-order valence-corrected chi connectivity index (χ4v) is 2.48. The summed E-state index contributed by atoms with van der Waals surface area (Å²) >= 11 is 0. The molecule has 0 atom stereocenters. The van der Waals surface area contributed by atoms with Gasteiger partial charge in [0.15, 0.2) is 6.61 Å². The number of carbonyl (C=O) groups excluding carboxylic acids is 2. The fourth-order valence-electron chi connectivity index (χ4n) is 2.48. The van der Waals surface area contributed by atoms with E-state index in [1.807, 2.05) is 19.9 Å². The lowest BCUT2D eigenvalue weighted by atomic mass is 10.1. The first-order valence-electron chi connectivity index (χ1n) is 7.43. The Morgan fingerprint density at radius 1 is 1.22 bits per heavy atom. The first-order chi connectivity index (χ1) is 11.1. The van der Waals surface area contributed by atoms with Crippen molar-refractivity contribution in [2.24, 2.45) is 0 Å². The van der Waals surface area contributed by atoms with Crippen LogP contribution in [0, 0.1) is 13.8 Å². The number of aromatic nitrogens is 1. The van der Waals surface area contributed by atoms with Crippen LogP contribution in [0.2, 0.25) is 0 Å². The number of hydrogen-bond acceptors (Lipinski definition) is 4. The molecule has 0 aliphatic rings. The molecule has 0 saturated carbocycles. The Morgan fingerprint density at radius 2 is 1.91 bits per heavy atom. The molecule has 0 fully saturated rings. The van der Waals surface area contributed by atoms with Crippen molar-refractivity contribution >= 4 is 12.1 Å². The standard InChI is InChI=1S/C18H21NO4/c1-13-10-17(14(2)19(13)8-9-22-3)18(21)12-23-16-6-4-15(11-20)5-7-16/h4-7,10-11H,8-9,12H2,1-3H3. The summed E-state index contributed by atoms with van der Waals surface area (Å²) in [7, 11) is 1.66. The number of methoxy groups -OCH3 is 1. The van der Waals surface area contributed by atoms with Crippen LogP contribution in [-0.4, -0.2) is 37.0 Å². The molecule has 0 N–H and O–H groups in total. The van der Waals surface area contributed by atoms with Crippen LogP contribution in [0.1, 0.15) is 32.1 Å². The van der Waals surface area contributed by atoms with E-state index in [0.717, 1.165) is 24.2 Å². The van der Waals surface area contributed by atoms with Crippen LogP contribution in [0.25, 0.3) is 0 Å². The molecule has 0 spiro atoms. The second kappa shape index (κ2) is 7.74. The number of ketones is 1. The highest BCUT2D eigenvalue weighted by Crippen LogP contribution is 2.17. The van der Waals surface area contributed by atoms with Gasteiger partial charge in [-0.25, -0.2) is 0 Å². The summed E-state index contributed by atoms with van der Waals surface area (Å²) in [5, 5.41) is 0. The topological polar surface area (TPSA) is 57.5 Å². The quantitative estimate of drug-likeness (QED) is 0.555. The molecule has 2 aromatic rings. The van der Waals surface area contributed by atoms with Crippen molar-refractivity contribution < 1.29 is 19.1 Å². The summed E-state index contributed by atoms with van der Waals surface area (Å²) in [5.41, 5.74) is 3.19. The normalized spacial score (nSPS) is 10.6. The zero-order chi connectivity index (χ0) is 16.8. The fraction of sp³-hybridized carbons (Fsp3) is 0.333. The number of ether oxygens (including phenoxy) is 2. The summed E-state index contributed by atoms with van der Waals surface area (Å²) in [5.74, 6) is 0.498. The van der Waals surface area contributed by atoms with Gasteiger partial charge in [0.25, 0.3) is 0 Å². The van der Waals surface area contributed by atoms with E-state index in [2.05, 4.69) is 4.57 Å². The van der Waals surface area contributed by atoms with Crippen molar-refractivity contribution in [2.45, 2.75) is 20.4 Å². The first kappa shape index (κ1) is 17.0. The van der Waals surface area contributed by atoms with Crippen LogP contribution in [-0.2, 0) is 11.3 Å². The Morgan fingerprint density at radius 3 is 2.52 bits per heavy atom. The van der Waals surface area contributed by atoms with E-state index in [4.69, 9.17) is 9.47 Å². The molecule has 0 radical (unpaired) electrons. The molecule has 1 aromatic carbocycles. The van der Waals surface area contributed by atoms with Gasteiger partial charge in [0.05, 0.1) is 6.61 Å². The Hall–Kier alpha value is -2.40. The molecule has 5 heteroatoms. The zero-order valence-corrected chi connectivity index (χ0v) is 13.7. The van der Waals surface area contributed by atoms with Crippen LogP contribution < -0.4 is 4.74 Å². The molecule has 0 aliphatic heterocycles. The van der Waals surface area contributed by atoms with E-state index in [0.29, 0.717) is 23.5 Å². The van der Waals surface area contributed by atoms with Crippen LogP contribution in [0.15, 0.2) is 30.3 Å². The van der Waals surface area contributed by atoms with E-state index in [1.54, 1.807) is 31.4 Å². The number of hydrogen-bond donors (Lipinski definition) is 0. The number of aldehydes is 1. The lowest BCUT2D eigenvalue weighted by Gasteiger charge is -2.09. The maximum absolute atomic E-state index is 12.4. The van der Waals surface area contributed by atoms with Gasteiger partial charge in [0.1, 0.15) is 12.0 Å². The van der Waals surface area contributed by atoms with Crippen LogP contribution >= 0.6 is 0 Å². The average Bonchev–Trinajstić information content (AvgIpc) is 2.85. The lowest BCUT2D eigenvalue weighted by Crippen LogP contribution is -2.13. The highest BCUT2D eigenvalue weighted by molar-refractivity contribution is 5.98. The van der Waals surface area contributed by atoms with Crippen LogP contribution in [0.3, 0.4) is 0 Å². The van der Waals surface area contributed by atoms with Gasteiger partial charge in [-0.1, -0.05) is 0 Å². The molecule has 0 amide bonds. The van der Waals surface area contributed by atoms with E-state index in [1.165, 1.54) is 0 Å². The predicted octanol–water partition coefficient (Wildman–Crippen LogP) is 2.83. The van der Waals surface area contributed by atoms with Crippen molar-refractivity contribution in [1.29, 1.82) is 0 Å². The summed E-state index contributed by atoms with van der Waals surface area (Å²) in [6.07, 6.45) is 0.768. The highest BCUT2D eigenvalue weighted by atomic mass is 16.5. The lowest BCUT2D eigenvalue weighted by molar-refractivity contribution is 0.0920. The SMILES string of the molecule is COCCn1c(C)cc(C(=O)COc2ccc(C=O)cc2)c1C. The Kier molecular flexibility index (Phi) is 5.71. The molecule has 1 heterocycles. The number of carbonyl (C=O) groups is 2. The molecule has 5 nitrogen and oxygen atoms in total. The van der Waals surface area contributed by atoms with Gasteiger partial charge in [-0.3, -0.25) is 9.59 Å². The Bertz CT molecular complexity index is 686. The second-order valence-electron chi connectivity index (χ2n) is 5.33. The molecule has 0 aliphatic carbocycles. The minimum Gasteiger partial charge on any atom is -0.485 e. The molecule has 122 valence electrons. The monoisotopic (exact) mass is 315 g/mol. The minimum absolute atomic E-state index is 0.0327. The van der Waals surface area contributed by atoms with E-state index >= 15 is 0 Å². The van der Waals surface area contributed by atoms with E-state index in [-0.39, 0.29) is 12.4 Å². The number of aryl methyl sites for hydroxylation is 1. The number of rotatable bonds is 8. The summed E-state index contributed by atoms with van der Waals surface area (Å²) in [4.78, 5) is 23.0. The summed E-state index contributed by atoms with van der Waals surface area (Å²) < 4.78 is 12.7. The van der Waals surface area contributed by atoms with Gasteiger partial charge in [-0.05, 0) is 44.2 Å². The van der Waals surface area contributed by atoms with Gasteiger partial charge in [-0.2, -0.15) is 0 Å². The summed E-state index contributed by atoms with van der Waals surface area (Å²) in [6, 6.07) is 8.55. The van der Waals surface area contributed by atoms with Crippen molar-refractivity contribution in [3.8, 4) is 5.75 Å². The third kappa shape index (κ3) is 4.07. The predicted molar refractivity (Wildman–Crippen MR) is 87.4 cm³/mol. The molecule has 0 unspecified atom stereocenters. The number of benzene rings is 1. The zero-order valence-electron chi connectivity index (χ0n) is 13.7. The summed E-state index contributed by atoms with van der Waals surface area (Å²) in [6.45, 7) is 5.18. The minimum atomic E-state index is -0.0683. The van der Waals surface area contributed by atoms with Gasteiger partial charge in [-0.15, -0.1) is 0 Å². The van der Waals surface area contributed by atoms with E-state index in [9.17, 15) is 9.59 Å². The first-order valence-corrected chi connectivity index (χ1v) is 7.43. The molecular weight excluding hydrogens is 294 g/mol. The van der Waals surface area contributed by atoms with Gasteiger partial charge in [0, 0.05) is 36.2 Å². The van der Waals surface area contributed by atoms with Crippen molar-refractivity contribution in [3.63, 3.8) is 0 Å². The molecule has 2 rings (SSSR count). The largest absolute Gasteiger partial charge is 0.485 e. The second-order valence-corrected chi connectivity index (χ2v) is 5.33. The van der Waals surface area contributed by atoms with E-state index < -0.39 is 0 Å². The Labute approximate surface area is 135 Å². The maximum Gasteiger partial charge on any atom is 0.202 e. The van der Waals surface area contributed by atoms with Crippen molar-refractivity contribution in [3.05, 3.63) is 52.8 Å². The maximum atomic E-state index is 12.4. The number of Topliss-reactive ketones (excluding diaryl/α,β-unsaturated/α-hetero) is 1. The van der Waals surface area contributed by atoms with Crippen molar-refractivity contribution in [2.75, 3.05) is 20.3 Å². The van der Waals surface area contributed by atoms with Crippen molar-refractivity contribution in [1.82, 2.24) is 4.57 Å². The number of nitrogens with zero attached hydrogens (tertiary/aromatic N) is 1. The third-order valence-corrected chi connectivity index (χ3v) is 3.78. The van der Waals surface area contributed by atoms with Gasteiger partial charge >= 0.3 is 0 Å². The van der Waals surface area contributed by atoms with Gasteiger partial charge in [0.2, 0.25) is 5.78 Å². The van der Waals surface area contributed by atoms with Crippen LogP contribution in [0.5, 0.6) is 5.75 Å². The smallest absolute Gasteiger partial charge is 0.202 e.